The van der Waals surface area contributed by atoms with Crippen molar-refractivity contribution in [2.24, 2.45) is 5.92 Å². The van der Waals surface area contributed by atoms with Crippen molar-refractivity contribution in [3.63, 3.8) is 0 Å². The van der Waals surface area contributed by atoms with Crippen LogP contribution in [-0.2, 0) is 11.2 Å². The molecule has 3 rings (SSSR count). The minimum Gasteiger partial charge on any atom is -0.343 e. The minimum atomic E-state index is 0.192. The second kappa shape index (κ2) is 6.57. The Bertz CT molecular complexity index is 659. The van der Waals surface area contributed by atoms with Gasteiger partial charge in [0.2, 0.25) is 5.91 Å². The maximum atomic E-state index is 11.4. The van der Waals surface area contributed by atoms with E-state index in [9.17, 15) is 4.79 Å². The summed E-state index contributed by atoms with van der Waals surface area (Å²) in [4.78, 5) is 23.7. The molecule has 5 heteroatoms. The fourth-order valence-corrected chi connectivity index (χ4v) is 3.67. The Labute approximate surface area is 135 Å². The van der Waals surface area contributed by atoms with Crippen molar-refractivity contribution >= 4 is 17.2 Å². The molecule has 2 aromatic rings. The highest BCUT2D eigenvalue weighted by Crippen LogP contribution is 2.25. The van der Waals surface area contributed by atoms with E-state index in [1.165, 1.54) is 4.88 Å². The van der Waals surface area contributed by atoms with Gasteiger partial charge < -0.3 is 4.90 Å². The van der Waals surface area contributed by atoms with E-state index in [0.29, 0.717) is 5.92 Å². The Morgan fingerprint density at radius 3 is 2.77 bits per heavy atom. The highest BCUT2D eigenvalue weighted by molar-refractivity contribution is 7.14. The Kier molecular flexibility index (Phi) is 4.52. The molecule has 0 aromatic carbocycles. The fourth-order valence-electron chi connectivity index (χ4n) is 2.93. The molecule has 1 aliphatic rings. The number of likely N-dealkylation sites (tertiary alicyclic amines) is 1. The summed E-state index contributed by atoms with van der Waals surface area (Å²) < 4.78 is 0. The second-order valence-corrected chi connectivity index (χ2v) is 7.18. The quantitative estimate of drug-likeness (QED) is 0.873. The number of aryl methyl sites for hydroxylation is 1. The SMILES string of the molecule is CC(=O)N1CCC(Cc2cccc(-c3ncc(C)s3)n2)CC1. The van der Waals surface area contributed by atoms with Gasteiger partial charge in [-0.05, 0) is 44.2 Å². The summed E-state index contributed by atoms with van der Waals surface area (Å²) in [5.74, 6) is 0.814. The number of carbonyl (C=O) groups is 1. The Hall–Kier alpha value is -1.75. The number of hydrogen-bond acceptors (Lipinski definition) is 4. The van der Waals surface area contributed by atoms with E-state index in [1.54, 1.807) is 18.3 Å². The summed E-state index contributed by atoms with van der Waals surface area (Å²) in [5.41, 5.74) is 2.10. The average molecular weight is 315 g/mol. The fraction of sp³-hybridized carbons (Fsp3) is 0.471. The zero-order valence-corrected chi connectivity index (χ0v) is 13.9. The van der Waals surface area contributed by atoms with E-state index >= 15 is 0 Å². The van der Waals surface area contributed by atoms with Crippen molar-refractivity contribution < 1.29 is 4.79 Å². The summed E-state index contributed by atoms with van der Waals surface area (Å²) in [5, 5.41) is 0.991. The lowest BCUT2D eigenvalue weighted by atomic mass is 9.92. The molecule has 0 bridgehead atoms. The van der Waals surface area contributed by atoms with E-state index < -0.39 is 0 Å². The molecule has 0 atom stereocenters. The zero-order chi connectivity index (χ0) is 15.5. The molecule has 0 N–H and O–H groups in total. The lowest BCUT2D eigenvalue weighted by Crippen LogP contribution is -2.37. The lowest BCUT2D eigenvalue weighted by molar-refractivity contribution is -0.130. The van der Waals surface area contributed by atoms with Gasteiger partial charge in [-0.3, -0.25) is 9.78 Å². The molecule has 1 fully saturated rings. The van der Waals surface area contributed by atoms with Crippen LogP contribution in [0.25, 0.3) is 10.7 Å². The van der Waals surface area contributed by atoms with Crippen molar-refractivity contribution in [2.45, 2.75) is 33.1 Å². The number of aromatic nitrogens is 2. The molecule has 0 aliphatic carbocycles. The summed E-state index contributed by atoms with van der Waals surface area (Å²) in [6.07, 6.45) is 5.03. The highest BCUT2D eigenvalue weighted by Gasteiger charge is 2.21. The number of hydrogen-bond donors (Lipinski definition) is 0. The van der Waals surface area contributed by atoms with Gasteiger partial charge in [-0.2, -0.15) is 0 Å². The molecular weight excluding hydrogens is 294 g/mol. The van der Waals surface area contributed by atoms with Crippen molar-refractivity contribution in [3.8, 4) is 10.7 Å². The summed E-state index contributed by atoms with van der Waals surface area (Å²) in [6, 6.07) is 6.19. The van der Waals surface area contributed by atoms with Gasteiger partial charge in [-0.15, -0.1) is 11.3 Å². The minimum absolute atomic E-state index is 0.192. The molecule has 0 spiro atoms. The van der Waals surface area contributed by atoms with Crippen molar-refractivity contribution in [1.82, 2.24) is 14.9 Å². The molecule has 0 saturated carbocycles. The van der Waals surface area contributed by atoms with Gasteiger partial charge in [0.15, 0.2) is 0 Å². The van der Waals surface area contributed by atoms with Crippen LogP contribution < -0.4 is 0 Å². The molecule has 0 unspecified atom stereocenters. The molecule has 22 heavy (non-hydrogen) atoms. The Morgan fingerprint density at radius 2 is 2.14 bits per heavy atom. The van der Waals surface area contributed by atoms with Gasteiger partial charge >= 0.3 is 0 Å². The summed E-state index contributed by atoms with van der Waals surface area (Å²) >= 11 is 1.68. The molecule has 116 valence electrons. The van der Waals surface area contributed by atoms with Crippen LogP contribution in [0.5, 0.6) is 0 Å². The van der Waals surface area contributed by atoms with Gasteiger partial charge in [0.25, 0.3) is 0 Å². The molecule has 3 heterocycles. The zero-order valence-electron chi connectivity index (χ0n) is 13.1. The normalized spacial score (nSPS) is 16.0. The maximum absolute atomic E-state index is 11.4. The van der Waals surface area contributed by atoms with Gasteiger partial charge in [-0.1, -0.05) is 6.07 Å². The predicted octanol–water partition coefficient (Wildman–Crippen LogP) is 3.31. The van der Waals surface area contributed by atoms with E-state index in [4.69, 9.17) is 4.98 Å². The monoisotopic (exact) mass is 315 g/mol. The molecule has 4 nitrogen and oxygen atoms in total. The average Bonchev–Trinajstić information content (AvgIpc) is 2.95. The number of rotatable bonds is 3. The first-order valence-electron chi connectivity index (χ1n) is 7.76. The topological polar surface area (TPSA) is 46.1 Å². The first kappa shape index (κ1) is 15.2. The predicted molar refractivity (Wildman–Crippen MR) is 88.8 cm³/mol. The molecular formula is C17H21N3OS. The summed E-state index contributed by atoms with van der Waals surface area (Å²) in [7, 11) is 0. The van der Waals surface area contributed by atoms with Crippen LogP contribution in [0.3, 0.4) is 0 Å². The third-order valence-corrected chi connectivity index (χ3v) is 5.14. The first-order chi connectivity index (χ1) is 10.6. The van der Waals surface area contributed by atoms with Gasteiger partial charge in [-0.25, -0.2) is 4.98 Å². The van der Waals surface area contributed by atoms with E-state index in [-0.39, 0.29) is 5.91 Å². The lowest BCUT2D eigenvalue weighted by Gasteiger charge is -2.31. The molecule has 1 saturated heterocycles. The number of thiazole rings is 1. The number of pyridine rings is 1. The van der Waals surface area contributed by atoms with Crippen molar-refractivity contribution in [1.29, 1.82) is 0 Å². The molecule has 1 amide bonds. The van der Waals surface area contributed by atoms with Crippen molar-refractivity contribution in [2.75, 3.05) is 13.1 Å². The number of amides is 1. The Balaban J connectivity index is 1.65. The standard InChI is InChI=1S/C17H21N3OS/c1-12-11-18-17(22-12)16-5-3-4-15(19-16)10-14-6-8-20(9-7-14)13(2)21/h3-5,11,14H,6-10H2,1-2H3. The van der Waals surface area contributed by atoms with Crippen LogP contribution in [0.1, 0.15) is 30.3 Å². The third-order valence-electron chi connectivity index (χ3n) is 4.20. The van der Waals surface area contributed by atoms with E-state index in [2.05, 4.69) is 24.0 Å². The van der Waals surface area contributed by atoms with E-state index in [1.807, 2.05) is 17.2 Å². The summed E-state index contributed by atoms with van der Waals surface area (Å²) in [6.45, 7) is 5.48. The number of carbonyl (C=O) groups excluding carboxylic acids is 1. The van der Waals surface area contributed by atoms with Crippen molar-refractivity contribution in [3.05, 3.63) is 35.0 Å². The smallest absolute Gasteiger partial charge is 0.219 e. The maximum Gasteiger partial charge on any atom is 0.219 e. The van der Waals surface area contributed by atoms with Crippen LogP contribution in [0.4, 0.5) is 0 Å². The number of nitrogens with zero attached hydrogens (tertiary/aromatic N) is 3. The Morgan fingerprint density at radius 1 is 1.36 bits per heavy atom. The second-order valence-electron chi connectivity index (χ2n) is 5.94. The highest BCUT2D eigenvalue weighted by atomic mass is 32.1. The largest absolute Gasteiger partial charge is 0.343 e. The molecule has 0 radical (unpaired) electrons. The van der Waals surface area contributed by atoms with Crippen LogP contribution in [0, 0.1) is 12.8 Å². The molecule has 1 aliphatic heterocycles. The van der Waals surface area contributed by atoms with Gasteiger partial charge in [0, 0.05) is 36.8 Å². The van der Waals surface area contributed by atoms with Crippen LogP contribution in [-0.4, -0.2) is 33.9 Å². The number of piperidine rings is 1. The van der Waals surface area contributed by atoms with Gasteiger partial charge in [0.05, 0.1) is 5.69 Å². The third kappa shape index (κ3) is 3.53. The first-order valence-corrected chi connectivity index (χ1v) is 8.57. The molecule has 2 aromatic heterocycles. The van der Waals surface area contributed by atoms with Crippen LogP contribution in [0.2, 0.25) is 0 Å². The van der Waals surface area contributed by atoms with Crippen LogP contribution in [0.15, 0.2) is 24.4 Å². The van der Waals surface area contributed by atoms with Crippen LogP contribution >= 0.6 is 11.3 Å². The van der Waals surface area contributed by atoms with Gasteiger partial charge in [0.1, 0.15) is 5.01 Å². The van der Waals surface area contributed by atoms with E-state index in [0.717, 1.165) is 48.7 Å².